The van der Waals surface area contributed by atoms with E-state index in [1.165, 1.54) is 6.33 Å². The lowest BCUT2D eigenvalue weighted by Gasteiger charge is -2.16. The van der Waals surface area contributed by atoms with Gasteiger partial charge in [0.2, 0.25) is 0 Å². The van der Waals surface area contributed by atoms with Gasteiger partial charge in [0.05, 0.1) is 11.8 Å². The number of likely N-dealkylation sites (tertiary alicyclic amines) is 1. The van der Waals surface area contributed by atoms with Crippen molar-refractivity contribution in [2.75, 3.05) is 13.1 Å². The molecule has 1 aliphatic rings. The highest BCUT2D eigenvalue weighted by Gasteiger charge is 2.25. The van der Waals surface area contributed by atoms with Crippen molar-refractivity contribution < 1.29 is 9.90 Å². The van der Waals surface area contributed by atoms with E-state index in [-0.39, 0.29) is 5.91 Å². The molecule has 0 unspecified atom stereocenters. The molecule has 104 valence electrons. The minimum Gasteiger partial charge on any atom is -0.391 e. The Hall–Kier alpha value is -2.21. The molecule has 3 rings (SSSR count). The monoisotopic (exact) mass is 272 g/mol. The molecular formula is C14H16N4O2. The van der Waals surface area contributed by atoms with Gasteiger partial charge in [-0.2, -0.15) is 5.10 Å². The van der Waals surface area contributed by atoms with Gasteiger partial charge in [-0.1, -0.05) is 0 Å². The Morgan fingerprint density at radius 2 is 2.30 bits per heavy atom. The van der Waals surface area contributed by atoms with E-state index in [0.29, 0.717) is 25.1 Å². The summed E-state index contributed by atoms with van der Waals surface area (Å²) in [6.45, 7) is 2.97. The molecule has 1 N–H and O–H groups in total. The van der Waals surface area contributed by atoms with Gasteiger partial charge in [-0.05, 0) is 37.1 Å². The molecule has 1 atom stereocenters. The van der Waals surface area contributed by atoms with Crippen LogP contribution in [-0.4, -0.2) is 49.9 Å². The Kier molecular flexibility index (Phi) is 3.23. The van der Waals surface area contributed by atoms with E-state index < -0.39 is 6.10 Å². The zero-order valence-corrected chi connectivity index (χ0v) is 11.2. The van der Waals surface area contributed by atoms with Crippen LogP contribution in [0.5, 0.6) is 0 Å². The number of amides is 1. The number of rotatable bonds is 2. The van der Waals surface area contributed by atoms with Gasteiger partial charge in [0.15, 0.2) is 0 Å². The van der Waals surface area contributed by atoms with Gasteiger partial charge < -0.3 is 10.0 Å². The normalized spacial score (nSPS) is 18.5. The van der Waals surface area contributed by atoms with Gasteiger partial charge >= 0.3 is 0 Å². The fourth-order valence-corrected chi connectivity index (χ4v) is 2.49. The number of aliphatic hydroxyl groups excluding tert-OH is 1. The van der Waals surface area contributed by atoms with Crippen molar-refractivity contribution in [3.8, 4) is 5.69 Å². The first-order chi connectivity index (χ1) is 9.65. The Labute approximate surface area is 116 Å². The summed E-state index contributed by atoms with van der Waals surface area (Å²) in [5.74, 6) is -0.0326. The number of carbonyl (C=O) groups excluding carboxylic acids is 1. The van der Waals surface area contributed by atoms with Crippen molar-refractivity contribution in [3.05, 3.63) is 42.0 Å². The van der Waals surface area contributed by atoms with Gasteiger partial charge in [-0.3, -0.25) is 4.79 Å². The van der Waals surface area contributed by atoms with Crippen LogP contribution >= 0.6 is 0 Å². The van der Waals surface area contributed by atoms with Crippen LogP contribution < -0.4 is 0 Å². The van der Waals surface area contributed by atoms with E-state index in [1.807, 2.05) is 19.1 Å². The molecule has 1 aliphatic heterocycles. The molecule has 1 aromatic heterocycles. The number of aliphatic hydroxyl groups is 1. The number of benzene rings is 1. The van der Waals surface area contributed by atoms with Crippen molar-refractivity contribution >= 4 is 5.91 Å². The lowest BCUT2D eigenvalue weighted by atomic mass is 10.1. The second kappa shape index (κ2) is 5.05. The molecule has 2 aromatic rings. The summed E-state index contributed by atoms with van der Waals surface area (Å²) in [5.41, 5.74) is 2.50. The van der Waals surface area contributed by atoms with E-state index in [9.17, 15) is 9.90 Å². The molecule has 0 saturated carbocycles. The number of aromatic nitrogens is 3. The third-order valence-corrected chi connectivity index (χ3v) is 3.56. The van der Waals surface area contributed by atoms with Gasteiger partial charge in [0.25, 0.3) is 5.91 Å². The number of hydrogen-bond donors (Lipinski definition) is 1. The number of β-amino-alcohol motifs (C(OH)–C–C–N with tert-alkyl or cyclic N) is 1. The standard InChI is InChI=1S/C14H16N4O2/c1-10-6-11(14(20)17-5-4-12(19)7-17)2-3-13(10)18-9-15-8-16-18/h2-3,6,8-9,12,19H,4-5,7H2,1H3/t12-/m1/s1. The maximum absolute atomic E-state index is 12.3. The molecule has 20 heavy (non-hydrogen) atoms. The molecular weight excluding hydrogens is 256 g/mol. The largest absolute Gasteiger partial charge is 0.391 e. The van der Waals surface area contributed by atoms with Gasteiger partial charge in [0.1, 0.15) is 12.7 Å². The van der Waals surface area contributed by atoms with Crippen LogP contribution in [0, 0.1) is 6.92 Å². The molecule has 0 bridgehead atoms. The third kappa shape index (κ3) is 2.30. The van der Waals surface area contributed by atoms with Crippen LogP contribution in [0.3, 0.4) is 0 Å². The summed E-state index contributed by atoms with van der Waals surface area (Å²) in [6.07, 6.45) is 3.36. The van der Waals surface area contributed by atoms with Crippen molar-refractivity contribution in [3.63, 3.8) is 0 Å². The maximum Gasteiger partial charge on any atom is 0.253 e. The van der Waals surface area contributed by atoms with Crippen molar-refractivity contribution in [1.82, 2.24) is 19.7 Å². The lowest BCUT2D eigenvalue weighted by molar-refractivity contribution is 0.0765. The second-order valence-corrected chi connectivity index (χ2v) is 5.03. The minimum atomic E-state index is -0.394. The van der Waals surface area contributed by atoms with E-state index in [0.717, 1.165) is 11.3 Å². The number of carbonyl (C=O) groups is 1. The van der Waals surface area contributed by atoms with Crippen LogP contribution in [0.15, 0.2) is 30.9 Å². The number of nitrogens with zero attached hydrogens (tertiary/aromatic N) is 4. The lowest BCUT2D eigenvalue weighted by Crippen LogP contribution is -2.29. The summed E-state index contributed by atoms with van der Waals surface area (Å²) in [4.78, 5) is 17.9. The van der Waals surface area contributed by atoms with Crippen LogP contribution in [0.4, 0.5) is 0 Å². The molecule has 0 radical (unpaired) electrons. The first-order valence-corrected chi connectivity index (χ1v) is 6.58. The first-order valence-electron chi connectivity index (χ1n) is 6.58. The fraction of sp³-hybridized carbons (Fsp3) is 0.357. The molecule has 2 heterocycles. The van der Waals surface area contributed by atoms with Crippen molar-refractivity contribution in [2.45, 2.75) is 19.4 Å². The summed E-state index contributed by atoms with van der Waals surface area (Å²) < 4.78 is 1.67. The predicted molar refractivity (Wildman–Crippen MR) is 72.6 cm³/mol. The Bertz CT molecular complexity index is 624. The van der Waals surface area contributed by atoms with E-state index >= 15 is 0 Å². The Morgan fingerprint density at radius 3 is 2.90 bits per heavy atom. The number of hydrogen-bond acceptors (Lipinski definition) is 4. The highest BCUT2D eigenvalue weighted by atomic mass is 16.3. The number of aryl methyl sites for hydroxylation is 1. The molecule has 1 aromatic carbocycles. The summed E-state index contributed by atoms with van der Waals surface area (Å²) >= 11 is 0. The van der Waals surface area contributed by atoms with Gasteiger partial charge in [0, 0.05) is 18.7 Å². The van der Waals surface area contributed by atoms with Crippen LogP contribution in [0.25, 0.3) is 5.69 Å². The fourth-order valence-electron chi connectivity index (χ4n) is 2.49. The first kappa shape index (κ1) is 12.8. The average molecular weight is 272 g/mol. The molecule has 6 nitrogen and oxygen atoms in total. The van der Waals surface area contributed by atoms with Gasteiger partial charge in [-0.15, -0.1) is 0 Å². The third-order valence-electron chi connectivity index (χ3n) is 3.56. The quantitative estimate of drug-likeness (QED) is 0.877. The maximum atomic E-state index is 12.3. The summed E-state index contributed by atoms with van der Waals surface area (Å²) in [7, 11) is 0. The van der Waals surface area contributed by atoms with Crippen molar-refractivity contribution in [2.24, 2.45) is 0 Å². The van der Waals surface area contributed by atoms with E-state index in [2.05, 4.69) is 10.1 Å². The molecule has 1 fully saturated rings. The SMILES string of the molecule is Cc1cc(C(=O)N2CC[C@@H](O)C2)ccc1-n1cncn1. The topological polar surface area (TPSA) is 71.2 Å². The molecule has 6 heteroatoms. The average Bonchev–Trinajstić information content (AvgIpc) is 3.09. The van der Waals surface area contributed by atoms with Crippen LogP contribution in [-0.2, 0) is 0 Å². The highest BCUT2D eigenvalue weighted by molar-refractivity contribution is 5.94. The van der Waals surface area contributed by atoms with Crippen LogP contribution in [0.2, 0.25) is 0 Å². The highest BCUT2D eigenvalue weighted by Crippen LogP contribution is 2.18. The Morgan fingerprint density at radius 1 is 1.45 bits per heavy atom. The summed E-state index contributed by atoms with van der Waals surface area (Å²) in [6, 6.07) is 5.50. The molecule has 0 spiro atoms. The van der Waals surface area contributed by atoms with Crippen LogP contribution in [0.1, 0.15) is 22.3 Å². The zero-order valence-electron chi connectivity index (χ0n) is 11.2. The Balaban J connectivity index is 1.85. The molecule has 1 saturated heterocycles. The second-order valence-electron chi connectivity index (χ2n) is 5.03. The summed E-state index contributed by atoms with van der Waals surface area (Å²) in [5, 5.41) is 13.6. The molecule has 0 aliphatic carbocycles. The van der Waals surface area contributed by atoms with Crippen molar-refractivity contribution in [1.29, 1.82) is 0 Å². The van der Waals surface area contributed by atoms with E-state index in [4.69, 9.17) is 0 Å². The van der Waals surface area contributed by atoms with Gasteiger partial charge in [-0.25, -0.2) is 9.67 Å². The molecule has 1 amide bonds. The zero-order chi connectivity index (χ0) is 14.1. The van der Waals surface area contributed by atoms with E-state index in [1.54, 1.807) is 22.0 Å². The predicted octanol–water partition coefficient (Wildman–Crippen LogP) is 0.783. The minimum absolute atomic E-state index is 0.0326. The smallest absolute Gasteiger partial charge is 0.253 e.